The Hall–Kier alpha value is -1.77. The largest absolute Gasteiger partial charge is 0.399 e. The van der Waals surface area contributed by atoms with E-state index in [9.17, 15) is 4.79 Å². The van der Waals surface area contributed by atoms with Gasteiger partial charge in [0, 0.05) is 17.9 Å². The molecule has 1 aromatic carbocycles. The second-order valence-electron chi connectivity index (χ2n) is 3.69. The van der Waals surface area contributed by atoms with Crippen molar-refractivity contribution in [1.82, 2.24) is 0 Å². The van der Waals surface area contributed by atoms with Crippen LogP contribution in [0.5, 0.6) is 0 Å². The molecule has 0 bridgehead atoms. The zero-order valence-electron chi connectivity index (χ0n) is 8.57. The molecule has 78 valence electrons. The molecule has 0 saturated carbocycles. The fraction of sp³-hybridized carbons (Fsp3) is 0.250. The zero-order chi connectivity index (χ0) is 10.8. The number of fused-ring (bicyclic) bond motifs is 1. The molecule has 15 heavy (non-hydrogen) atoms. The van der Waals surface area contributed by atoms with E-state index in [1.807, 2.05) is 18.2 Å². The van der Waals surface area contributed by atoms with Crippen LogP contribution in [0.25, 0.3) is 0 Å². The molecular weight excluding hydrogens is 188 g/mol. The van der Waals surface area contributed by atoms with Crippen molar-refractivity contribution in [1.29, 1.82) is 0 Å². The minimum absolute atomic E-state index is 0.0541. The summed E-state index contributed by atoms with van der Waals surface area (Å²) in [6.07, 6.45) is 3.35. The van der Waals surface area contributed by atoms with Gasteiger partial charge in [-0.1, -0.05) is 12.6 Å². The maximum atomic E-state index is 11.6. The van der Waals surface area contributed by atoms with Crippen molar-refractivity contribution in [2.45, 2.75) is 12.8 Å². The summed E-state index contributed by atoms with van der Waals surface area (Å²) in [5.41, 5.74) is 8.54. The normalized spacial score (nSPS) is 14.5. The zero-order valence-corrected chi connectivity index (χ0v) is 8.57. The van der Waals surface area contributed by atoms with Crippen LogP contribution in [0.4, 0.5) is 11.4 Å². The van der Waals surface area contributed by atoms with Crippen molar-refractivity contribution < 1.29 is 4.79 Å². The molecule has 0 aliphatic carbocycles. The van der Waals surface area contributed by atoms with Crippen LogP contribution in [0.1, 0.15) is 12.0 Å². The number of hydrogen-bond donors (Lipinski definition) is 1. The van der Waals surface area contributed by atoms with E-state index in [0.717, 1.165) is 25.1 Å². The molecule has 0 fully saturated rings. The van der Waals surface area contributed by atoms with Crippen LogP contribution in [0.3, 0.4) is 0 Å². The van der Waals surface area contributed by atoms with Crippen molar-refractivity contribution in [3.63, 3.8) is 0 Å². The van der Waals surface area contributed by atoms with E-state index < -0.39 is 0 Å². The predicted molar refractivity (Wildman–Crippen MR) is 61.7 cm³/mol. The SMILES string of the molecule is C=CC(=O)N1CCCc2ccc(N)cc21. The Morgan fingerprint density at radius 3 is 3.07 bits per heavy atom. The summed E-state index contributed by atoms with van der Waals surface area (Å²) >= 11 is 0. The molecule has 2 N–H and O–H groups in total. The lowest BCUT2D eigenvalue weighted by molar-refractivity contribution is -0.114. The summed E-state index contributed by atoms with van der Waals surface area (Å²) in [5, 5.41) is 0. The Labute approximate surface area is 89.2 Å². The van der Waals surface area contributed by atoms with Crippen LogP contribution in [-0.2, 0) is 11.2 Å². The number of nitrogens with two attached hydrogens (primary N) is 1. The molecule has 0 radical (unpaired) electrons. The lowest BCUT2D eigenvalue weighted by Crippen LogP contribution is -2.34. The number of hydrogen-bond acceptors (Lipinski definition) is 2. The number of nitrogen functional groups attached to an aromatic ring is 1. The van der Waals surface area contributed by atoms with Gasteiger partial charge in [0.2, 0.25) is 5.91 Å². The Morgan fingerprint density at radius 2 is 2.33 bits per heavy atom. The predicted octanol–water partition coefficient (Wildman–Crippen LogP) is 1.73. The number of rotatable bonds is 1. The quantitative estimate of drug-likeness (QED) is 0.557. The average Bonchev–Trinajstić information content (AvgIpc) is 2.27. The third-order valence-corrected chi connectivity index (χ3v) is 2.67. The molecule has 0 unspecified atom stereocenters. The van der Waals surface area contributed by atoms with Crippen molar-refractivity contribution in [3.05, 3.63) is 36.4 Å². The van der Waals surface area contributed by atoms with Gasteiger partial charge in [0.15, 0.2) is 0 Å². The van der Waals surface area contributed by atoms with Gasteiger partial charge in [-0.2, -0.15) is 0 Å². The number of carbonyl (C=O) groups excluding carboxylic acids is 1. The standard InChI is InChI=1S/C12H14N2O/c1-2-12(15)14-7-3-4-9-5-6-10(13)8-11(9)14/h2,5-6,8H,1,3-4,7,13H2. The molecule has 3 nitrogen and oxygen atoms in total. The molecular formula is C12H14N2O. The molecule has 0 atom stereocenters. The summed E-state index contributed by atoms with van der Waals surface area (Å²) in [6.45, 7) is 4.26. The van der Waals surface area contributed by atoms with Crippen LogP contribution < -0.4 is 10.6 Å². The van der Waals surface area contributed by atoms with E-state index in [1.54, 1.807) is 4.90 Å². The lowest BCUT2D eigenvalue weighted by atomic mass is 10.0. The van der Waals surface area contributed by atoms with Gasteiger partial charge in [0.25, 0.3) is 0 Å². The van der Waals surface area contributed by atoms with Gasteiger partial charge >= 0.3 is 0 Å². The molecule has 2 rings (SSSR count). The second kappa shape index (κ2) is 3.77. The Balaban J connectivity index is 2.44. The van der Waals surface area contributed by atoms with Crippen LogP contribution in [-0.4, -0.2) is 12.5 Å². The fourth-order valence-electron chi connectivity index (χ4n) is 1.93. The highest BCUT2D eigenvalue weighted by molar-refractivity contribution is 6.02. The smallest absolute Gasteiger partial charge is 0.250 e. The van der Waals surface area contributed by atoms with E-state index in [4.69, 9.17) is 5.73 Å². The summed E-state index contributed by atoms with van der Waals surface area (Å²) in [5.74, 6) is -0.0541. The number of aryl methyl sites for hydroxylation is 1. The third kappa shape index (κ3) is 1.73. The lowest BCUT2D eigenvalue weighted by Gasteiger charge is -2.28. The first-order valence-electron chi connectivity index (χ1n) is 5.04. The van der Waals surface area contributed by atoms with Crippen molar-refractivity contribution in [3.8, 4) is 0 Å². The maximum absolute atomic E-state index is 11.6. The van der Waals surface area contributed by atoms with Crippen molar-refractivity contribution >= 4 is 17.3 Å². The van der Waals surface area contributed by atoms with E-state index in [0.29, 0.717) is 5.69 Å². The number of anilines is 2. The number of nitrogens with zero attached hydrogens (tertiary/aromatic N) is 1. The van der Waals surface area contributed by atoms with Crippen LogP contribution >= 0.6 is 0 Å². The fourth-order valence-corrected chi connectivity index (χ4v) is 1.93. The summed E-state index contributed by atoms with van der Waals surface area (Å²) < 4.78 is 0. The highest BCUT2D eigenvalue weighted by atomic mass is 16.2. The van der Waals surface area contributed by atoms with Gasteiger partial charge < -0.3 is 10.6 Å². The summed E-state index contributed by atoms with van der Waals surface area (Å²) in [4.78, 5) is 13.3. The van der Waals surface area contributed by atoms with E-state index in [2.05, 4.69) is 6.58 Å². The Kier molecular flexibility index (Phi) is 2.46. The maximum Gasteiger partial charge on any atom is 0.250 e. The van der Waals surface area contributed by atoms with Crippen LogP contribution in [0, 0.1) is 0 Å². The minimum atomic E-state index is -0.0541. The highest BCUT2D eigenvalue weighted by Crippen LogP contribution is 2.29. The van der Waals surface area contributed by atoms with Crippen LogP contribution in [0.2, 0.25) is 0 Å². The van der Waals surface area contributed by atoms with Gasteiger partial charge in [-0.25, -0.2) is 0 Å². The molecule has 3 heteroatoms. The second-order valence-corrected chi connectivity index (χ2v) is 3.69. The van der Waals surface area contributed by atoms with Gasteiger partial charge in [0.05, 0.1) is 0 Å². The Bertz CT molecular complexity index is 412. The molecule has 1 aromatic rings. The van der Waals surface area contributed by atoms with Gasteiger partial charge in [0.1, 0.15) is 0 Å². The highest BCUT2D eigenvalue weighted by Gasteiger charge is 2.20. The molecule has 1 heterocycles. The average molecular weight is 202 g/mol. The monoisotopic (exact) mass is 202 g/mol. The van der Waals surface area contributed by atoms with Crippen molar-refractivity contribution in [2.24, 2.45) is 0 Å². The molecule has 1 aliphatic rings. The number of benzene rings is 1. The molecule has 1 amide bonds. The first-order valence-corrected chi connectivity index (χ1v) is 5.04. The van der Waals surface area contributed by atoms with E-state index in [-0.39, 0.29) is 5.91 Å². The van der Waals surface area contributed by atoms with Gasteiger partial charge in [-0.05, 0) is 36.6 Å². The minimum Gasteiger partial charge on any atom is -0.399 e. The Morgan fingerprint density at radius 1 is 1.53 bits per heavy atom. The van der Waals surface area contributed by atoms with Crippen LogP contribution in [0.15, 0.2) is 30.9 Å². The first kappa shape index (κ1) is 9.77. The summed E-state index contributed by atoms with van der Waals surface area (Å²) in [7, 11) is 0. The number of amides is 1. The van der Waals surface area contributed by atoms with Crippen molar-refractivity contribution in [2.75, 3.05) is 17.2 Å². The van der Waals surface area contributed by atoms with E-state index >= 15 is 0 Å². The molecule has 0 spiro atoms. The molecule has 0 aromatic heterocycles. The van der Waals surface area contributed by atoms with Gasteiger partial charge in [-0.15, -0.1) is 0 Å². The molecule has 0 saturated heterocycles. The topological polar surface area (TPSA) is 46.3 Å². The first-order chi connectivity index (χ1) is 7.22. The number of carbonyl (C=O) groups is 1. The van der Waals surface area contributed by atoms with E-state index in [1.165, 1.54) is 11.6 Å². The van der Waals surface area contributed by atoms with Gasteiger partial charge in [-0.3, -0.25) is 4.79 Å². The molecule has 1 aliphatic heterocycles. The summed E-state index contributed by atoms with van der Waals surface area (Å²) in [6, 6.07) is 5.73. The third-order valence-electron chi connectivity index (χ3n) is 2.67.